The molecule has 50 heavy (non-hydrogen) atoms. The molecule has 0 saturated heterocycles. The van der Waals surface area contributed by atoms with E-state index in [1.165, 1.54) is 22.1 Å². The number of fused-ring (bicyclic) bond motifs is 2. The van der Waals surface area contributed by atoms with Crippen LogP contribution in [-0.2, 0) is 16.0 Å². The van der Waals surface area contributed by atoms with Gasteiger partial charge in [0.15, 0.2) is 23.1 Å². The molecule has 1 unspecified atom stereocenters. The zero-order valence-electron chi connectivity index (χ0n) is 26.6. The molecule has 1 atom stereocenters. The SMILES string of the molecule is Cc1c(CC(=O)O)c2cc(OC(=O)C(C)c3c(C)n(C(=O)c4ccc(Br)cc4)c4cc(F)c(O)cc34)c(F)cc2n1C(=O)c1ccc(Br)cc1. The number of aliphatic carboxylic acids is 1. The quantitative estimate of drug-likeness (QED) is 0.122. The second-order valence-corrected chi connectivity index (χ2v) is 13.5. The number of phenolic OH excluding ortho intramolecular Hbond substituents is 1. The van der Waals surface area contributed by atoms with Crippen LogP contribution in [0.15, 0.2) is 81.7 Å². The van der Waals surface area contributed by atoms with Crippen LogP contribution in [0.2, 0.25) is 0 Å². The largest absolute Gasteiger partial charge is 0.505 e. The fourth-order valence-corrected chi connectivity index (χ4v) is 6.74. The maximum Gasteiger partial charge on any atom is 0.318 e. The van der Waals surface area contributed by atoms with E-state index in [0.717, 1.165) is 27.1 Å². The van der Waals surface area contributed by atoms with E-state index in [4.69, 9.17) is 4.74 Å². The number of hydrogen-bond donors (Lipinski definition) is 2. The van der Waals surface area contributed by atoms with Gasteiger partial charge in [-0.15, -0.1) is 0 Å². The number of carboxylic acids is 1. The Morgan fingerprint density at radius 1 is 0.760 bits per heavy atom. The third-order valence-corrected chi connectivity index (χ3v) is 9.68. The van der Waals surface area contributed by atoms with E-state index < -0.39 is 59.2 Å². The van der Waals surface area contributed by atoms with E-state index in [-0.39, 0.29) is 55.4 Å². The zero-order chi connectivity index (χ0) is 36.2. The molecule has 13 heteroatoms. The van der Waals surface area contributed by atoms with Gasteiger partial charge in [0.25, 0.3) is 11.8 Å². The van der Waals surface area contributed by atoms with Crippen LogP contribution < -0.4 is 4.74 Å². The van der Waals surface area contributed by atoms with Crippen molar-refractivity contribution in [2.45, 2.75) is 33.1 Å². The number of phenols is 1. The van der Waals surface area contributed by atoms with Crippen LogP contribution in [0, 0.1) is 25.5 Å². The average Bonchev–Trinajstić information content (AvgIpc) is 3.48. The van der Waals surface area contributed by atoms with E-state index in [1.807, 2.05) is 0 Å². The summed E-state index contributed by atoms with van der Waals surface area (Å²) < 4.78 is 39.9. The van der Waals surface area contributed by atoms with Crippen molar-refractivity contribution in [2.24, 2.45) is 0 Å². The first-order chi connectivity index (χ1) is 23.7. The first-order valence-corrected chi connectivity index (χ1v) is 16.7. The molecule has 0 aliphatic carbocycles. The maximum absolute atomic E-state index is 15.8. The summed E-state index contributed by atoms with van der Waals surface area (Å²) in [6.45, 7) is 4.57. The van der Waals surface area contributed by atoms with Crippen molar-refractivity contribution in [2.75, 3.05) is 0 Å². The summed E-state index contributed by atoms with van der Waals surface area (Å²) in [5.74, 6) is -7.53. The van der Waals surface area contributed by atoms with E-state index >= 15 is 4.39 Å². The summed E-state index contributed by atoms with van der Waals surface area (Å²) in [7, 11) is 0. The Morgan fingerprint density at radius 3 is 1.80 bits per heavy atom. The van der Waals surface area contributed by atoms with E-state index in [2.05, 4.69) is 31.9 Å². The second kappa shape index (κ2) is 13.3. The predicted octanol–water partition coefficient (Wildman–Crippen LogP) is 8.43. The summed E-state index contributed by atoms with van der Waals surface area (Å²) in [4.78, 5) is 52.8. The number of carbonyl (C=O) groups excluding carboxylic acids is 3. The highest BCUT2D eigenvalue weighted by Crippen LogP contribution is 2.38. The Balaban J connectivity index is 1.42. The smallest absolute Gasteiger partial charge is 0.318 e. The van der Waals surface area contributed by atoms with Crippen molar-refractivity contribution in [3.8, 4) is 11.5 Å². The molecule has 0 saturated carbocycles. The van der Waals surface area contributed by atoms with Gasteiger partial charge in [-0.2, -0.15) is 0 Å². The Morgan fingerprint density at radius 2 is 1.26 bits per heavy atom. The molecular formula is C37H26Br2F2N2O7. The van der Waals surface area contributed by atoms with Gasteiger partial charge >= 0.3 is 11.9 Å². The molecule has 2 heterocycles. The third kappa shape index (κ3) is 6.11. The van der Waals surface area contributed by atoms with Crippen molar-refractivity contribution in [1.29, 1.82) is 0 Å². The van der Waals surface area contributed by atoms with Crippen molar-refractivity contribution >= 4 is 77.4 Å². The normalized spacial score (nSPS) is 12.0. The summed E-state index contributed by atoms with van der Waals surface area (Å²) >= 11 is 6.65. The molecule has 4 aromatic carbocycles. The highest BCUT2D eigenvalue weighted by Gasteiger charge is 2.30. The molecule has 0 fully saturated rings. The molecule has 2 N–H and O–H groups in total. The van der Waals surface area contributed by atoms with Gasteiger partial charge in [-0.25, -0.2) is 8.78 Å². The topological polar surface area (TPSA) is 128 Å². The van der Waals surface area contributed by atoms with Gasteiger partial charge in [-0.3, -0.25) is 28.3 Å². The Hall–Kier alpha value is -5.14. The van der Waals surface area contributed by atoms with Crippen LogP contribution in [0.25, 0.3) is 21.8 Å². The Labute approximate surface area is 300 Å². The van der Waals surface area contributed by atoms with Crippen LogP contribution in [0.1, 0.15) is 56.1 Å². The van der Waals surface area contributed by atoms with Crippen LogP contribution >= 0.6 is 31.9 Å². The minimum absolute atomic E-state index is 0.0832. The lowest BCUT2D eigenvalue weighted by Gasteiger charge is -2.14. The summed E-state index contributed by atoms with van der Waals surface area (Å²) in [5, 5.41) is 20.3. The molecule has 0 bridgehead atoms. The van der Waals surface area contributed by atoms with Crippen LogP contribution in [-0.4, -0.2) is 43.1 Å². The van der Waals surface area contributed by atoms with E-state index in [1.54, 1.807) is 62.4 Å². The predicted molar refractivity (Wildman–Crippen MR) is 188 cm³/mol. The molecule has 0 amide bonds. The first-order valence-electron chi connectivity index (χ1n) is 15.1. The third-order valence-electron chi connectivity index (χ3n) is 8.62. The molecule has 2 aromatic heterocycles. The lowest BCUT2D eigenvalue weighted by atomic mass is 9.97. The molecule has 6 rings (SSSR count). The van der Waals surface area contributed by atoms with Crippen LogP contribution in [0.4, 0.5) is 8.78 Å². The lowest BCUT2D eigenvalue weighted by Crippen LogP contribution is -2.19. The molecule has 254 valence electrons. The van der Waals surface area contributed by atoms with Gasteiger partial charge in [-0.05, 0) is 92.6 Å². The van der Waals surface area contributed by atoms with Crippen molar-refractivity contribution in [3.05, 3.63) is 127 Å². The van der Waals surface area contributed by atoms with Gasteiger partial charge in [-0.1, -0.05) is 31.9 Å². The number of nitrogens with zero attached hydrogens (tertiary/aromatic N) is 2. The number of rotatable bonds is 7. The molecule has 0 spiro atoms. The summed E-state index contributed by atoms with van der Waals surface area (Å²) in [6.07, 6.45) is -0.497. The van der Waals surface area contributed by atoms with Gasteiger partial charge in [0.05, 0.1) is 23.4 Å². The minimum Gasteiger partial charge on any atom is -0.505 e. The van der Waals surface area contributed by atoms with Gasteiger partial charge in [0, 0.05) is 54.4 Å². The minimum atomic E-state index is -1.19. The lowest BCUT2D eigenvalue weighted by molar-refractivity contribution is -0.137. The zero-order valence-corrected chi connectivity index (χ0v) is 29.7. The standard InChI is InChI=1S/C37H26Br2F2N2O7/c1-17(34-19(3)43(30-15-27(40)31(44)12-26(30)34)36(48)21-6-10-23(39)11-7-21)37(49)50-32-13-25-24(14-33(45)46)18(2)42(29(25)16-28(32)41)35(47)20-4-8-22(38)9-5-20/h4-13,15-17,44H,14H2,1-3H3,(H,45,46). The van der Waals surface area contributed by atoms with E-state index in [0.29, 0.717) is 0 Å². The summed E-state index contributed by atoms with van der Waals surface area (Å²) in [6, 6.07) is 17.3. The van der Waals surface area contributed by atoms with Crippen molar-refractivity contribution < 1.29 is 42.9 Å². The van der Waals surface area contributed by atoms with Crippen LogP contribution in [0.3, 0.4) is 0 Å². The Bertz CT molecular complexity index is 2400. The molecular weight excluding hydrogens is 782 g/mol. The molecule has 9 nitrogen and oxygen atoms in total. The average molecular weight is 808 g/mol. The number of aromatic hydroxyl groups is 1. The molecule has 0 aliphatic rings. The van der Waals surface area contributed by atoms with E-state index in [9.17, 15) is 33.8 Å². The number of halogens is 4. The molecule has 6 aromatic rings. The van der Waals surface area contributed by atoms with Crippen molar-refractivity contribution in [3.63, 3.8) is 0 Å². The monoisotopic (exact) mass is 806 g/mol. The number of benzene rings is 4. The molecule has 0 aliphatic heterocycles. The second-order valence-electron chi connectivity index (χ2n) is 11.7. The summed E-state index contributed by atoms with van der Waals surface area (Å²) in [5.41, 5.74) is 1.74. The van der Waals surface area contributed by atoms with Gasteiger partial charge < -0.3 is 14.9 Å². The molecule has 0 radical (unpaired) electrons. The fraction of sp³-hybridized carbons (Fsp3) is 0.135. The van der Waals surface area contributed by atoms with Crippen molar-refractivity contribution in [1.82, 2.24) is 9.13 Å². The van der Waals surface area contributed by atoms with Gasteiger partial charge in [0.1, 0.15) is 0 Å². The van der Waals surface area contributed by atoms with Gasteiger partial charge in [0.2, 0.25) is 0 Å². The number of aromatic nitrogens is 2. The number of esters is 1. The van der Waals surface area contributed by atoms with Crippen LogP contribution in [0.5, 0.6) is 11.5 Å². The Kier molecular flexibility index (Phi) is 9.23. The highest BCUT2D eigenvalue weighted by molar-refractivity contribution is 9.10. The number of carboxylic acid groups (broad SMARTS) is 1. The number of ether oxygens (including phenoxy) is 1. The number of hydrogen-bond acceptors (Lipinski definition) is 6. The highest BCUT2D eigenvalue weighted by atomic mass is 79.9. The maximum atomic E-state index is 15.8. The number of carbonyl (C=O) groups is 4. The fourth-order valence-electron chi connectivity index (χ4n) is 6.21. The first kappa shape index (κ1) is 34.7.